The Morgan fingerprint density at radius 2 is 2.00 bits per heavy atom. The molecule has 3 rings (SSSR count). The van der Waals surface area contributed by atoms with Crippen molar-refractivity contribution in [3.63, 3.8) is 0 Å². The molecule has 2 aromatic rings. The number of anilines is 1. The van der Waals surface area contributed by atoms with Crippen molar-refractivity contribution in [2.75, 3.05) is 32.5 Å². The van der Waals surface area contributed by atoms with Gasteiger partial charge in [-0.15, -0.1) is 10.2 Å². The van der Waals surface area contributed by atoms with Crippen molar-refractivity contribution in [1.82, 2.24) is 30.0 Å². The summed E-state index contributed by atoms with van der Waals surface area (Å²) in [5, 5.41) is 15.8. The molecule has 152 valence electrons. The molecule has 1 aromatic carbocycles. The van der Waals surface area contributed by atoms with Gasteiger partial charge < -0.3 is 15.1 Å². The molecule has 1 aliphatic rings. The van der Waals surface area contributed by atoms with Crippen molar-refractivity contribution in [3.05, 3.63) is 35.7 Å². The summed E-state index contributed by atoms with van der Waals surface area (Å²) in [6.45, 7) is 8.62. The van der Waals surface area contributed by atoms with Crippen molar-refractivity contribution in [3.8, 4) is 0 Å². The standard InChI is InChI=1S/C20H31N7O/c1-20(2,3)27-23-18(22-24-27)13-21-16-10-8-15(9-11-16)19(28)26(5)17-7-6-12-25(4)14-17/h8-11,17,21H,6-7,12-14H2,1-5H3. The van der Waals surface area contributed by atoms with Gasteiger partial charge in [0.2, 0.25) is 0 Å². The molecule has 28 heavy (non-hydrogen) atoms. The van der Waals surface area contributed by atoms with Crippen LogP contribution in [0.25, 0.3) is 0 Å². The first-order valence-electron chi connectivity index (χ1n) is 9.83. The third kappa shape index (κ3) is 4.86. The summed E-state index contributed by atoms with van der Waals surface area (Å²) in [7, 11) is 4.02. The zero-order valence-electron chi connectivity index (χ0n) is 17.5. The minimum absolute atomic E-state index is 0.0710. The van der Waals surface area contributed by atoms with Gasteiger partial charge in [0.05, 0.1) is 12.1 Å². The number of aromatic nitrogens is 4. The molecule has 1 unspecified atom stereocenters. The van der Waals surface area contributed by atoms with Crippen LogP contribution in [0.4, 0.5) is 5.69 Å². The number of benzene rings is 1. The molecule has 1 aliphatic heterocycles. The Kier molecular flexibility index (Phi) is 5.98. The van der Waals surface area contributed by atoms with Crippen LogP contribution >= 0.6 is 0 Å². The van der Waals surface area contributed by atoms with Crippen molar-refractivity contribution < 1.29 is 4.79 Å². The molecule has 1 aromatic heterocycles. The first-order valence-corrected chi connectivity index (χ1v) is 9.83. The predicted octanol–water partition coefficient (Wildman–Crippen LogP) is 2.21. The SMILES string of the molecule is CN1CCCC(N(C)C(=O)c2ccc(NCc3nnn(C(C)(C)C)n3)cc2)C1. The topological polar surface area (TPSA) is 79.2 Å². The molecule has 1 N–H and O–H groups in total. The van der Waals surface area contributed by atoms with Crippen LogP contribution in [0.15, 0.2) is 24.3 Å². The first-order chi connectivity index (χ1) is 13.2. The fourth-order valence-electron chi connectivity index (χ4n) is 3.33. The lowest BCUT2D eigenvalue weighted by atomic mass is 10.0. The summed E-state index contributed by atoms with van der Waals surface area (Å²) in [6.07, 6.45) is 2.20. The van der Waals surface area contributed by atoms with Crippen LogP contribution in [0, 0.1) is 0 Å². The van der Waals surface area contributed by atoms with E-state index in [0.717, 1.165) is 31.6 Å². The van der Waals surface area contributed by atoms with Gasteiger partial charge in [-0.1, -0.05) is 0 Å². The Bertz CT molecular complexity index is 794. The minimum atomic E-state index is -0.188. The van der Waals surface area contributed by atoms with E-state index in [0.29, 0.717) is 17.9 Å². The zero-order valence-corrected chi connectivity index (χ0v) is 17.5. The number of hydrogen-bond donors (Lipinski definition) is 1. The third-order valence-electron chi connectivity index (χ3n) is 5.11. The van der Waals surface area contributed by atoms with Crippen LogP contribution in [0.5, 0.6) is 0 Å². The normalized spacial score (nSPS) is 18.1. The van der Waals surface area contributed by atoms with Gasteiger partial charge in [0.1, 0.15) is 0 Å². The number of piperidine rings is 1. The highest BCUT2D eigenvalue weighted by Gasteiger charge is 2.25. The summed E-state index contributed by atoms with van der Waals surface area (Å²) < 4.78 is 0. The zero-order chi connectivity index (χ0) is 20.3. The van der Waals surface area contributed by atoms with Gasteiger partial charge in [-0.2, -0.15) is 4.80 Å². The van der Waals surface area contributed by atoms with E-state index >= 15 is 0 Å². The minimum Gasteiger partial charge on any atom is -0.378 e. The van der Waals surface area contributed by atoms with Crippen molar-refractivity contribution in [2.24, 2.45) is 0 Å². The molecule has 1 amide bonds. The van der Waals surface area contributed by atoms with Crippen LogP contribution in [-0.2, 0) is 12.1 Å². The predicted molar refractivity (Wildman–Crippen MR) is 109 cm³/mol. The maximum atomic E-state index is 12.8. The van der Waals surface area contributed by atoms with E-state index in [1.165, 1.54) is 0 Å². The van der Waals surface area contributed by atoms with Gasteiger partial charge in [-0.25, -0.2) is 0 Å². The van der Waals surface area contributed by atoms with Crippen LogP contribution in [-0.4, -0.2) is 69.1 Å². The Labute approximate surface area is 166 Å². The number of rotatable bonds is 5. The van der Waals surface area contributed by atoms with Gasteiger partial charge in [0.15, 0.2) is 5.82 Å². The Morgan fingerprint density at radius 3 is 2.61 bits per heavy atom. The van der Waals surface area contributed by atoms with E-state index < -0.39 is 0 Å². The van der Waals surface area contributed by atoms with Gasteiger partial charge in [-0.3, -0.25) is 4.79 Å². The van der Waals surface area contributed by atoms with Crippen molar-refractivity contribution >= 4 is 11.6 Å². The maximum Gasteiger partial charge on any atom is 0.253 e. The molecule has 0 aliphatic carbocycles. The molecule has 1 fully saturated rings. The summed E-state index contributed by atoms with van der Waals surface area (Å²) in [5.74, 6) is 0.706. The molecule has 0 spiro atoms. The van der Waals surface area contributed by atoms with E-state index in [4.69, 9.17) is 0 Å². The first kappa shape index (κ1) is 20.3. The molecule has 1 saturated heterocycles. The van der Waals surface area contributed by atoms with E-state index in [1.54, 1.807) is 4.80 Å². The van der Waals surface area contributed by atoms with Crippen molar-refractivity contribution in [2.45, 2.75) is 51.7 Å². The molecular formula is C20H31N7O. The number of amides is 1. The number of tetrazole rings is 1. The molecule has 8 nitrogen and oxygen atoms in total. The number of nitrogens with zero attached hydrogens (tertiary/aromatic N) is 6. The van der Waals surface area contributed by atoms with Gasteiger partial charge in [0.25, 0.3) is 5.91 Å². The lowest BCUT2D eigenvalue weighted by Crippen LogP contribution is -2.47. The van der Waals surface area contributed by atoms with Crippen molar-refractivity contribution in [1.29, 1.82) is 0 Å². The lowest BCUT2D eigenvalue weighted by molar-refractivity contribution is 0.0644. The van der Waals surface area contributed by atoms with Gasteiger partial charge >= 0.3 is 0 Å². The van der Waals surface area contributed by atoms with Crippen LogP contribution in [0.3, 0.4) is 0 Å². The number of carbonyl (C=O) groups is 1. The van der Waals surface area contributed by atoms with E-state index in [9.17, 15) is 4.79 Å². The molecule has 0 saturated carbocycles. The highest BCUT2D eigenvalue weighted by Crippen LogP contribution is 2.18. The highest BCUT2D eigenvalue weighted by atomic mass is 16.2. The highest BCUT2D eigenvalue weighted by molar-refractivity contribution is 5.94. The smallest absolute Gasteiger partial charge is 0.253 e. The van der Waals surface area contributed by atoms with Crippen LogP contribution in [0.1, 0.15) is 49.8 Å². The van der Waals surface area contributed by atoms with Crippen LogP contribution < -0.4 is 5.32 Å². The Balaban J connectivity index is 1.57. The lowest BCUT2D eigenvalue weighted by Gasteiger charge is -2.35. The average molecular weight is 386 g/mol. The van der Waals surface area contributed by atoms with E-state index in [1.807, 2.05) is 57.0 Å². The Morgan fingerprint density at radius 1 is 1.29 bits per heavy atom. The van der Waals surface area contributed by atoms with Crippen LogP contribution in [0.2, 0.25) is 0 Å². The fourth-order valence-corrected chi connectivity index (χ4v) is 3.33. The average Bonchev–Trinajstić information content (AvgIpc) is 3.15. The third-order valence-corrected chi connectivity index (χ3v) is 5.11. The monoisotopic (exact) mass is 385 g/mol. The number of likely N-dealkylation sites (N-methyl/N-ethyl adjacent to an activating group) is 2. The summed E-state index contributed by atoms with van der Waals surface area (Å²) in [6, 6.07) is 7.85. The van der Waals surface area contributed by atoms with Gasteiger partial charge in [-0.05, 0) is 76.7 Å². The second kappa shape index (κ2) is 8.26. The summed E-state index contributed by atoms with van der Waals surface area (Å²) in [5.41, 5.74) is 1.44. The number of likely N-dealkylation sites (tertiary alicyclic amines) is 1. The number of carbonyl (C=O) groups excluding carboxylic acids is 1. The largest absolute Gasteiger partial charge is 0.378 e. The molecular weight excluding hydrogens is 354 g/mol. The second-order valence-electron chi connectivity index (χ2n) is 8.57. The summed E-state index contributed by atoms with van der Waals surface area (Å²) >= 11 is 0. The second-order valence-corrected chi connectivity index (χ2v) is 8.57. The van der Waals surface area contributed by atoms with Gasteiger partial charge in [0, 0.05) is 30.9 Å². The molecule has 2 heterocycles. The molecule has 1 atom stereocenters. The molecule has 0 bridgehead atoms. The molecule has 0 radical (unpaired) electrons. The summed E-state index contributed by atoms with van der Waals surface area (Å²) in [4.78, 5) is 18.6. The number of hydrogen-bond acceptors (Lipinski definition) is 6. The fraction of sp³-hybridized carbons (Fsp3) is 0.600. The Hall–Kier alpha value is -2.48. The number of nitrogens with one attached hydrogen (secondary N) is 1. The molecule has 8 heteroatoms. The maximum absolute atomic E-state index is 12.8. The van der Waals surface area contributed by atoms with E-state index in [2.05, 4.69) is 32.7 Å². The van der Waals surface area contributed by atoms with E-state index in [-0.39, 0.29) is 17.5 Å². The quantitative estimate of drug-likeness (QED) is 0.850.